The van der Waals surface area contributed by atoms with Gasteiger partial charge in [-0.25, -0.2) is 0 Å². The topological polar surface area (TPSA) is 52.9 Å². The van der Waals surface area contributed by atoms with E-state index in [1.807, 2.05) is 6.07 Å². The number of rotatable bonds is 3. The van der Waals surface area contributed by atoms with Crippen LogP contribution < -0.4 is 5.32 Å². The Balaban J connectivity index is 2.21. The number of hydrogen-bond acceptors (Lipinski definition) is 2. The second kappa shape index (κ2) is 6.78. The maximum atomic E-state index is 12.1. The van der Waals surface area contributed by atoms with Crippen LogP contribution in [0.3, 0.4) is 0 Å². The summed E-state index contributed by atoms with van der Waals surface area (Å²) < 4.78 is 0. The molecule has 1 aliphatic carbocycles. The van der Waals surface area contributed by atoms with Gasteiger partial charge in [0.1, 0.15) is 11.6 Å². The fourth-order valence-electron chi connectivity index (χ4n) is 2.27. The lowest BCUT2D eigenvalue weighted by molar-refractivity contribution is -0.117. The van der Waals surface area contributed by atoms with Crippen molar-refractivity contribution in [3.63, 3.8) is 0 Å². The maximum Gasteiger partial charge on any atom is 0.262 e. The Kier molecular flexibility index (Phi) is 5.05. The first-order chi connectivity index (χ1) is 9.61. The Hall–Kier alpha value is -1.50. The molecule has 0 bridgehead atoms. The Morgan fingerprint density at radius 2 is 1.90 bits per heavy atom. The molecular formula is C15H14Cl2N2O. The van der Waals surface area contributed by atoms with Crippen molar-refractivity contribution >= 4 is 35.2 Å². The summed E-state index contributed by atoms with van der Waals surface area (Å²) in [5, 5.41) is 12.9. The van der Waals surface area contributed by atoms with Gasteiger partial charge in [0, 0.05) is 21.7 Å². The summed E-state index contributed by atoms with van der Waals surface area (Å²) in [5.74, 6) is -0.365. The molecule has 0 atom stereocenters. The van der Waals surface area contributed by atoms with Crippen molar-refractivity contribution in [2.75, 3.05) is 0 Å². The average molecular weight is 309 g/mol. The molecule has 1 saturated carbocycles. The molecule has 1 N–H and O–H groups in total. The van der Waals surface area contributed by atoms with Crippen LogP contribution in [0.2, 0.25) is 10.0 Å². The highest BCUT2D eigenvalue weighted by Crippen LogP contribution is 2.26. The first-order valence-electron chi connectivity index (χ1n) is 6.48. The molecule has 0 radical (unpaired) electrons. The summed E-state index contributed by atoms with van der Waals surface area (Å²) in [6, 6.07) is 7.13. The van der Waals surface area contributed by atoms with Gasteiger partial charge in [-0.2, -0.15) is 5.26 Å². The van der Waals surface area contributed by atoms with Gasteiger partial charge < -0.3 is 5.32 Å². The van der Waals surface area contributed by atoms with E-state index in [-0.39, 0.29) is 17.5 Å². The highest BCUT2D eigenvalue weighted by atomic mass is 35.5. The van der Waals surface area contributed by atoms with Gasteiger partial charge in [0.25, 0.3) is 5.91 Å². The van der Waals surface area contributed by atoms with E-state index < -0.39 is 0 Å². The molecule has 0 aliphatic heterocycles. The zero-order chi connectivity index (χ0) is 14.5. The summed E-state index contributed by atoms with van der Waals surface area (Å²) in [4.78, 5) is 12.1. The van der Waals surface area contributed by atoms with Crippen LogP contribution in [-0.4, -0.2) is 11.9 Å². The van der Waals surface area contributed by atoms with Crippen LogP contribution in [0.5, 0.6) is 0 Å². The molecule has 0 saturated heterocycles. The summed E-state index contributed by atoms with van der Waals surface area (Å²) in [5.41, 5.74) is 0.515. The third-order valence-corrected chi connectivity index (χ3v) is 4.00. The van der Waals surface area contributed by atoms with E-state index in [0.717, 1.165) is 25.7 Å². The van der Waals surface area contributed by atoms with Crippen LogP contribution >= 0.6 is 23.2 Å². The molecule has 1 aromatic carbocycles. The molecule has 1 fully saturated rings. The number of benzene rings is 1. The second-order valence-corrected chi connectivity index (χ2v) is 5.57. The minimum absolute atomic E-state index is 0.0203. The maximum absolute atomic E-state index is 12.1. The van der Waals surface area contributed by atoms with E-state index in [9.17, 15) is 4.79 Å². The lowest BCUT2D eigenvalue weighted by atomic mass is 10.1. The van der Waals surface area contributed by atoms with Crippen molar-refractivity contribution in [2.24, 2.45) is 0 Å². The molecular weight excluding hydrogens is 295 g/mol. The van der Waals surface area contributed by atoms with Crippen molar-refractivity contribution in [1.29, 1.82) is 5.26 Å². The summed E-state index contributed by atoms with van der Waals surface area (Å²) >= 11 is 12.1. The van der Waals surface area contributed by atoms with Crippen LogP contribution in [0, 0.1) is 11.3 Å². The first-order valence-corrected chi connectivity index (χ1v) is 7.24. The molecule has 5 heteroatoms. The van der Waals surface area contributed by atoms with E-state index in [2.05, 4.69) is 5.32 Å². The number of amides is 1. The van der Waals surface area contributed by atoms with Crippen LogP contribution in [0.15, 0.2) is 23.8 Å². The van der Waals surface area contributed by atoms with Gasteiger partial charge in [0.15, 0.2) is 0 Å². The monoisotopic (exact) mass is 308 g/mol. The van der Waals surface area contributed by atoms with Gasteiger partial charge >= 0.3 is 0 Å². The van der Waals surface area contributed by atoms with Crippen LogP contribution in [0.1, 0.15) is 31.2 Å². The lowest BCUT2D eigenvalue weighted by Gasteiger charge is -2.11. The molecule has 1 aromatic rings. The van der Waals surface area contributed by atoms with E-state index in [1.165, 1.54) is 6.08 Å². The van der Waals surface area contributed by atoms with Gasteiger partial charge in [-0.15, -0.1) is 0 Å². The van der Waals surface area contributed by atoms with Crippen molar-refractivity contribution in [3.8, 4) is 6.07 Å². The number of nitrogens with zero attached hydrogens (tertiary/aromatic N) is 1. The molecule has 0 unspecified atom stereocenters. The van der Waals surface area contributed by atoms with Crippen molar-refractivity contribution < 1.29 is 4.79 Å². The Labute approximate surface area is 128 Å². The van der Waals surface area contributed by atoms with Crippen molar-refractivity contribution in [2.45, 2.75) is 31.7 Å². The quantitative estimate of drug-likeness (QED) is 0.679. The molecule has 0 heterocycles. The highest BCUT2D eigenvalue weighted by Gasteiger charge is 2.19. The van der Waals surface area contributed by atoms with Crippen LogP contribution in [0.25, 0.3) is 6.08 Å². The molecule has 1 aliphatic rings. The molecule has 2 rings (SSSR count). The lowest BCUT2D eigenvalue weighted by Crippen LogP contribution is -2.33. The summed E-state index contributed by atoms with van der Waals surface area (Å²) in [6.07, 6.45) is 5.61. The molecule has 104 valence electrons. The summed E-state index contributed by atoms with van der Waals surface area (Å²) in [6.45, 7) is 0. The van der Waals surface area contributed by atoms with Gasteiger partial charge in [-0.3, -0.25) is 4.79 Å². The zero-order valence-electron chi connectivity index (χ0n) is 10.8. The SMILES string of the molecule is N#C/C(=C\c1c(Cl)cccc1Cl)C(=O)NC1CCCC1. The third-order valence-electron chi connectivity index (χ3n) is 3.34. The fourth-order valence-corrected chi connectivity index (χ4v) is 2.78. The predicted molar refractivity (Wildman–Crippen MR) is 80.5 cm³/mol. The number of carbonyl (C=O) groups excluding carboxylic acids is 1. The van der Waals surface area contributed by atoms with Crippen LogP contribution in [-0.2, 0) is 4.79 Å². The molecule has 0 aromatic heterocycles. The zero-order valence-corrected chi connectivity index (χ0v) is 12.3. The molecule has 1 amide bonds. The highest BCUT2D eigenvalue weighted by molar-refractivity contribution is 6.37. The van der Waals surface area contributed by atoms with E-state index in [4.69, 9.17) is 28.5 Å². The van der Waals surface area contributed by atoms with Gasteiger partial charge in [0.05, 0.1) is 0 Å². The van der Waals surface area contributed by atoms with Crippen molar-refractivity contribution in [1.82, 2.24) is 5.32 Å². The number of carbonyl (C=O) groups is 1. The van der Waals surface area contributed by atoms with Crippen molar-refractivity contribution in [3.05, 3.63) is 39.4 Å². The smallest absolute Gasteiger partial charge is 0.262 e. The molecule has 20 heavy (non-hydrogen) atoms. The molecule has 0 spiro atoms. The largest absolute Gasteiger partial charge is 0.349 e. The van der Waals surface area contributed by atoms with Crippen LogP contribution in [0.4, 0.5) is 0 Å². The van der Waals surface area contributed by atoms with E-state index in [1.54, 1.807) is 18.2 Å². The number of hydrogen-bond donors (Lipinski definition) is 1. The fraction of sp³-hybridized carbons (Fsp3) is 0.333. The van der Waals surface area contributed by atoms with Gasteiger partial charge in [-0.05, 0) is 31.1 Å². The van der Waals surface area contributed by atoms with E-state index in [0.29, 0.717) is 15.6 Å². The Morgan fingerprint density at radius 1 is 1.30 bits per heavy atom. The average Bonchev–Trinajstić information content (AvgIpc) is 2.91. The number of nitriles is 1. The number of nitrogens with one attached hydrogen (secondary N) is 1. The third kappa shape index (κ3) is 3.53. The van der Waals surface area contributed by atoms with Gasteiger partial charge in [0.2, 0.25) is 0 Å². The minimum Gasteiger partial charge on any atom is -0.349 e. The number of halogens is 2. The second-order valence-electron chi connectivity index (χ2n) is 4.76. The predicted octanol–water partition coefficient (Wildman–Crippen LogP) is 3.96. The van der Waals surface area contributed by atoms with Gasteiger partial charge in [-0.1, -0.05) is 42.1 Å². The minimum atomic E-state index is -0.365. The standard InChI is InChI=1S/C15H14Cl2N2O/c16-13-6-3-7-14(17)12(13)8-10(9-18)15(20)19-11-4-1-2-5-11/h3,6-8,11H,1-2,4-5H2,(H,19,20)/b10-8+. The molecule has 3 nitrogen and oxygen atoms in total. The van der Waals surface area contributed by atoms with E-state index >= 15 is 0 Å². The summed E-state index contributed by atoms with van der Waals surface area (Å²) in [7, 11) is 0. The normalized spacial score (nSPS) is 15.9. The first kappa shape index (κ1) is 14.9. The Morgan fingerprint density at radius 3 is 2.45 bits per heavy atom. The Bertz CT molecular complexity index is 564.